The minimum atomic E-state index is -2.90. The Morgan fingerprint density at radius 1 is 0.571 bits per heavy atom. The molecule has 2 aliphatic carbocycles. The SMILES string of the molecule is Cc1ccc(-c2cc3c(cc2C(C)(C)C)-c2cc(C(C)(C)C)c(-c4ccc(C)cc4)[c]([Zr]([C]4=CC=CC4)=[C](Cc4ccccc4)Cc4ccccc4)c2C3)cc1. The van der Waals surface area contributed by atoms with E-state index in [-0.39, 0.29) is 10.8 Å². The Bertz CT molecular complexity index is 2450. The molecule has 6 aromatic carbocycles. The third-order valence-electron chi connectivity index (χ3n) is 11.9. The zero-order valence-corrected chi connectivity index (χ0v) is 37.1. The van der Waals surface area contributed by atoms with Gasteiger partial charge in [-0.15, -0.1) is 0 Å². The van der Waals surface area contributed by atoms with Crippen LogP contribution in [0.2, 0.25) is 0 Å². The first-order valence-electron chi connectivity index (χ1n) is 20.5. The molecule has 0 atom stereocenters. The Hall–Kier alpha value is -4.45. The number of aryl methyl sites for hydroxylation is 2. The van der Waals surface area contributed by atoms with Crippen LogP contribution in [0, 0.1) is 13.8 Å². The van der Waals surface area contributed by atoms with E-state index < -0.39 is 21.3 Å². The van der Waals surface area contributed by atoms with Gasteiger partial charge in [0.1, 0.15) is 0 Å². The predicted octanol–water partition coefficient (Wildman–Crippen LogP) is 13.5. The van der Waals surface area contributed by atoms with Crippen molar-refractivity contribution in [1.29, 1.82) is 0 Å². The number of rotatable bonds is 8. The molecular formula is C55H56Zr. The first-order valence-corrected chi connectivity index (χ1v) is 24.2. The van der Waals surface area contributed by atoms with E-state index in [1.165, 1.54) is 72.3 Å². The molecule has 0 saturated heterocycles. The normalized spacial score (nSPS) is 13.4. The van der Waals surface area contributed by atoms with Crippen molar-refractivity contribution in [3.05, 3.63) is 193 Å². The van der Waals surface area contributed by atoms with Crippen LogP contribution in [0.5, 0.6) is 0 Å². The zero-order chi connectivity index (χ0) is 39.2. The molecule has 0 saturated carbocycles. The molecule has 0 bridgehead atoms. The van der Waals surface area contributed by atoms with Crippen molar-refractivity contribution in [1.82, 2.24) is 0 Å². The fraction of sp³-hybridized carbons (Fsp3) is 0.255. The van der Waals surface area contributed by atoms with Crippen molar-refractivity contribution >= 4 is 6.48 Å². The third kappa shape index (κ3) is 7.78. The van der Waals surface area contributed by atoms with E-state index >= 15 is 0 Å². The van der Waals surface area contributed by atoms with Gasteiger partial charge in [-0.2, -0.15) is 0 Å². The van der Waals surface area contributed by atoms with Gasteiger partial charge >= 0.3 is 346 Å². The summed E-state index contributed by atoms with van der Waals surface area (Å²) in [6.07, 6.45) is 11.3. The summed E-state index contributed by atoms with van der Waals surface area (Å²) in [5.41, 5.74) is 19.8. The average molecular weight is 808 g/mol. The Kier molecular flexibility index (Phi) is 10.6. The van der Waals surface area contributed by atoms with Crippen molar-refractivity contribution < 1.29 is 21.3 Å². The molecule has 0 unspecified atom stereocenters. The van der Waals surface area contributed by atoms with Crippen molar-refractivity contribution in [2.75, 3.05) is 0 Å². The van der Waals surface area contributed by atoms with Crippen LogP contribution in [-0.2, 0) is 51.4 Å². The van der Waals surface area contributed by atoms with Gasteiger partial charge in [0, 0.05) is 0 Å². The molecule has 0 aliphatic heterocycles. The molecule has 0 radical (unpaired) electrons. The first-order chi connectivity index (χ1) is 26.8. The second kappa shape index (κ2) is 15.5. The maximum atomic E-state index is 2.63. The van der Waals surface area contributed by atoms with Crippen molar-refractivity contribution in [2.24, 2.45) is 0 Å². The Balaban J connectivity index is 1.50. The zero-order valence-electron chi connectivity index (χ0n) is 34.7. The molecule has 1 heteroatoms. The number of benzene rings is 6. The number of hydrogen-bond donors (Lipinski definition) is 0. The maximum absolute atomic E-state index is 2.90. The molecule has 0 heterocycles. The van der Waals surface area contributed by atoms with Crippen LogP contribution in [-0.4, -0.2) is 3.21 Å². The topological polar surface area (TPSA) is 0 Å². The monoisotopic (exact) mass is 806 g/mol. The van der Waals surface area contributed by atoms with Crippen molar-refractivity contribution in [3.63, 3.8) is 0 Å². The molecule has 8 rings (SSSR count). The molecule has 6 aromatic rings. The second-order valence-electron chi connectivity index (χ2n) is 18.3. The van der Waals surface area contributed by atoms with E-state index in [2.05, 4.69) is 201 Å². The van der Waals surface area contributed by atoms with Gasteiger partial charge in [0.2, 0.25) is 0 Å². The van der Waals surface area contributed by atoms with Crippen molar-refractivity contribution in [3.8, 4) is 33.4 Å². The summed E-state index contributed by atoms with van der Waals surface area (Å²) in [6.45, 7) is 18.9. The van der Waals surface area contributed by atoms with Gasteiger partial charge in [-0.05, 0) is 0 Å². The number of hydrogen-bond acceptors (Lipinski definition) is 0. The molecule has 0 aromatic heterocycles. The number of fused-ring (bicyclic) bond motifs is 3. The summed E-state index contributed by atoms with van der Waals surface area (Å²) in [7, 11) is 0. The molecule has 56 heavy (non-hydrogen) atoms. The molecule has 0 fully saturated rings. The van der Waals surface area contributed by atoms with Crippen LogP contribution in [0.15, 0.2) is 149 Å². The van der Waals surface area contributed by atoms with Crippen LogP contribution < -0.4 is 3.27 Å². The van der Waals surface area contributed by atoms with Crippen LogP contribution in [0.25, 0.3) is 33.4 Å². The van der Waals surface area contributed by atoms with Gasteiger partial charge in [-0.25, -0.2) is 0 Å². The second-order valence-corrected chi connectivity index (χ2v) is 24.7. The quantitative estimate of drug-likeness (QED) is 0.143. The molecular weight excluding hydrogens is 752 g/mol. The van der Waals surface area contributed by atoms with Crippen LogP contribution in [0.3, 0.4) is 0 Å². The van der Waals surface area contributed by atoms with Gasteiger partial charge in [-0.1, -0.05) is 0 Å². The van der Waals surface area contributed by atoms with Crippen LogP contribution >= 0.6 is 0 Å². The summed E-state index contributed by atoms with van der Waals surface area (Å²) in [5, 5.41) is 0. The van der Waals surface area contributed by atoms with Gasteiger partial charge in [0.15, 0.2) is 0 Å². The van der Waals surface area contributed by atoms with Crippen LogP contribution in [0.4, 0.5) is 0 Å². The molecule has 2 aliphatic rings. The summed E-state index contributed by atoms with van der Waals surface area (Å²) in [6, 6.07) is 49.1. The van der Waals surface area contributed by atoms with E-state index in [1.807, 2.05) is 0 Å². The van der Waals surface area contributed by atoms with Gasteiger partial charge in [0.25, 0.3) is 0 Å². The van der Waals surface area contributed by atoms with E-state index in [1.54, 1.807) is 15.3 Å². The Morgan fingerprint density at radius 2 is 1.11 bits per heavy atom. The van der Waals surface area contributed by atoms with E-state index in [0.717, 1.165) is 25.7 Å². The first kappa shape index (κ1) is 38.4. The molecule has 0 spiro atoms. The molecule has 0 nitrogen and oxygen atoms in total. The summed E-state index contributed by atoms with van der Waals surface area (Å²) in [4.78, 5) is 0. The summed E-state index contributed by atoms with van der Waals surface area (Å²) >= 11 is -2.90. The molecule has 280 valence electrons. The fourth-order valence-corrected chi connectivity index (χ4v) is 17.7. The standard InChI is InChI=1S/C35H37.C15H14.C5H5.Zr/c1-22-9-13-24(14-10-22)30-18-26-17-27-19-31(25-15-11-23(2)12-16-25)33(35(6,7)8)21-29(27)28(26)20-32(30)34(3,4)5;1-3-8-14(9-4-1)12-7-13-15-10-5-2-6-11-15;1-2-4-5-3-1;/h9-16,18,20-21H,17H2,1-8H3;1-6,8-11H,12-13H2;1-3H,4H2;. The van der Waals surface area contributed by atoms with Gasteiger partial charge in [0.05, 0.1) is 0 Å². The summed E-state index contributed by atoms with van der Waals surface area (Å²) < 4.78 is 5.16. The average Bonchev–Trinajstić information content (AvgIpc) is 3.83. The van der Waals surface area contributed by atoms with E-state index in [9.17, 15) is 0 Å². The van der Waals surface area contributed by atoms with E-state index in [0.29, 0.717) is 0 Å². The Labute approximate surface area is 344 Å². The Morgan fingerprint density at radius 3 is 1.62 bits per heavy atom. The van der Waals surface area contributed by atoms with Gasteiger partial charge in [-0.3, -0.25) is 0 Å². The molecule has 0 amide bonds. The predicted molar refractivity (Wildman–Crippen MR) is 239 cm³/mol. The minimum absolute atomic E-state index is 0.0108. The van der Waals surface area contributed by atoms with Gasteiger partial charge < -0.3 is 0 Å². The van der Waals surface area contributed by atoms with E-state index in [4.69, 9.17) is 0 Å². The fourth-order valence-electron chi connectivity index (χ4n) is 8.98. The van der Waals surface area contributed by atoms with Crippen LogP contribution in [0.1, 0.15) is 92.5 Å². The van der Waals surface area contributed by atoms with Crippen molar-refractivity contribution in [2.45, 2.75) is 91.9 Å². The number of allylic oxidation sites excluding steroid dienone is 4. The summed E-state index contributed by atoms with van der Waals surface area (Å²) in [5.74, 6) is 0. The third-order valence-corrected chi connectivity index (χ3v) is 19.6. The molecule has 0 N–H and O–H groups in total.